The number of imidazole rings is 1. The second-order valence-corrected chi connectivity index (χ2v) is 8.96. The van der Waals surface area contributed by atoms with Crippen LogP contribution in [-0.4, -0.2) is 15.3 Å². The summed E-state index contributed by atoms with van der Waals surface area (Å²) in [6.45, 7) is 4.86. The zero-order valence-corrected chi connectivity index (χ0v) is 13.5. The molecule has 1 aromatic heterocycles. The van der Waals surface area contributed by atoms with Crippen LogP contribution in [0.4, 0.5) is 0 Å². The predicted molar refractivity (Wildman–Crippen MR) is 81.8 cm³/mol. The lowest BCUT2D eigenvalue weighted by atomic mass is 9.39. The number of hydrogen-bond acceptors (Lipinski definition) is 2. The van der Waals surface area contributed by atoms with Gasteiger partial charge >= 0.3 is 0 Å². The molecular weight excluding hydrogens is 260 g/mol. The summed E-state index contributed by atoms with van der Waals surface area (Å²) in [5.74, 6) is 2.16. The van der Waals surface area contributed by atoms with Crippen molar-refractivity contribution in [2.45, 2.75) is 58.8 Å². The monoisotopic (exact) mass is 286 g/mol. The highest BCUT2D eigenvalue weighted by Gasteiger charge is 2.62. The maximum atomic E-state index is 13.1. The van der Waals surface area contributed by atoms with E-state index in [1.165, 1.54) is 19.3 Å². The van der Waals surface area contributed by atoms with Gasteiger partial charge in [-0.05, 0) is 55.3 Å². The molecular formula is C18H26N2O. The number of Topliss-reactive ketones (excluding diaryl/α,β-unsaturated/α-hetero) is 1. The molecule has 2 atom stereocenters. The van der Waals surface area contributed by atoms with Crippen LogP contribution < -0.4 is 0 Å². The highest BCUT2D eigenvalue weighted by molar-refractivity contribution is 5.87. The molecule has 1 heterocycles. The first kappa shape index (κ1) is 13.5. The fourth-order valence-corrected chi connectivity index (χ4v) is 6.66. The summed E-state index contributed by atoms with van der Waals surface area (Å²) < 4.78 is 1.99. The molecule has 5 rings (SSSR count). The van der Waals surface area contributed by atoms with Crippen LogP contribution in [0.2, 0.25) is 0 Å². The fourth-order valence-electron chi connectivity index (χ4n) is 6.66. The molecule has 2 unspecified atom stereocenters. The van der Waals surface area contributed by atoms with E-state index < -0.39 is 0 Å². The van der Waals surface area contributed by atoms with Gasteiger partial charge < -0.3 is 4.57 Å². The molecule has 0 aromatic carbocycles. The molecule has 4 saturated carbocycles. The molecule has 0 spiro atoms. The van der Waals surface area contributed by atoms with E-state index in [0.29, 0.717) is 23.0 Å². The Morgan fingerprint density at radius 1 is 1.24 bits per heavy atom. The molecule has 4 fully saturated rings. The van der Waals surface area contributed by atoms with Crippen molar-refractivity contribution >= 4 is 5.78 Å². The van der Waals surface area contributed by atoms with Crippen molar-refractivity contribution in [2.24, 2.45) is 29.2 Å². The third kappa shape index (κ3) is 2.00. The van der Waals surface area contributed by atoms with E-state index in [9.17, 15) is 4.79 Å². The van der Waals surface area contributed by atoms with Crippen LogP contribution in [0.3, 0.4) is 0 Å². The van der Waals surface area contributed by atoms with Crippen molar-refractivity contribution in [2.75, 3.05) is 0 Å². The summed E-state index contributed by atoms with van der Waals surface area (Å²) in [4.78, 5) is 17.5. The Bertz CT molecular complexity index is 584. The SMILES string of the molecule is Cn1ccnc1CC(=O)C12CC3CC(C)(CC(C)(C3)C1)C2. The van der Waals surface area contributed by atoms with E-state index in [0.717, 1.165) is 31.0 Å². The maximum Gasteiger partial charge on any atom is 0.146 e. The summed E-state index contributed by atoms with van der Waals surface area (Å²) in [6, 6.07) is 0. The summed E-state index contributed by atoms with van der Waals surface area (Å²) in [7, 11) is 1.98. The van der Waals surface area contributed by atoms with Crippen molar-refractivity contribution in [1.82, 2.24) is 9.55 Å². The molecule has 0 saturated heterocycles. The average molecular weight is 286 g/mol. The second-order valence-electron chi connectivity index (χ2n) is 8.96. The van der Waals surface area contributed by atoms with E-state index in [-0.39, 0.29) is 5.41 Å². The van der Waals surface area contributed by atoms with Gasteiger partial charge in [0, 0.05) is 24.9 Å². The first-order valence-electron chi connectivity index (χ1n) is 8.31. The summed E-state index contributed by atoms with van der Waals surface area (Å²) in [5, 5.41) is 0. The average Bonchev–Trinajstić information content (AvgIpc) is 2.70. The fraction of sp³-hybridized carbons (Fsp3) is 0.778. The van der Waals surface area contributed by atoms with Gasteiger partial charge in [0.25, 0.3) is 0 Å². The van der Waals surface area contributed by atoms with E-state index in [2.05, 4.69) is 18.8 Å². The number of ketones is 1. The number of nitrogens with zero attached hydrogens (tertiary/aromatic N) is 2. The normalized spacial score (nSPS) is 44.2. The Hall–Kier alpha value is -1.12. The van der Waals surface area contributed by atoms with Gasteiger partial charge in [0.05, 0.1) is 6.42 Å². The molecule has 4 aliphatic rings. The van der Waals surface area contributed by atoms with Crippen LogP contribution >= 0.6 is 0 Å². The van der Waals surface area contributed by atoms with Gasteiger partial charge in [-0.15, -0.1) is 0 Å². The van der Waals surface area contributed by atoms with Crippen LogP contribution in [0.5, 0.6) is 0 Å². The van der Waals surface area contributed by atoms with Crippen molar-refractivity contribution in [1.29, 1.82) is 0 Å². The molecule has 0 N–H and O–H groups in total. The molecule has 0 aliphatic heterocycles. The lowest BCUT2D eigenvalue weighted by Gasteiger charge is -2.64. The molecule has 0 radical (unpaired) electrons. The van der Waals surface area contributed by atoms with Gasteiger partial charge in [-0.1, -0.05) is 13.8 Å². The van der Waals surface area contributed by atoms with Crippen LogP contribution in [0.1, 0.15) is 58.2 Å². The van der Waals surface area contributed by atoms with Gasteiger partial charge in [-0.25, -0.2) is 4.98 Å². The zero-order chi connectivity index (χ0) is 14.9. The van der Waals surface area contributed by atoms with Gasteiger partial charge in [-0.2, -0.15) is 0 Å². The van der Waals surface area contributed by atoms with Gasteiger partial charge in [-0.3, -0.25) is 4.79 Å². The number of carbonyl (C=O) groups excluding carboxylic acids is 1. The number of rotatable bonds is 3. The number of hydrogen-bond donors (Lipinski definition) is 0. The molecule has 4 aliphatic carbocycles. The summed E-state index contributed by atoms with van der Waals surface area (Å²) in [6.07, 6.45) is 11.7. The largest absolute Gasteiger partial charge is 0.338 e. The smallest absolute Gasteiger partial charge is 0.146 e. The third-order valence-electron chi connectivity index (χ3n) is 6.46. The molecule has 4 bridgehead atoms. The van der Waals surface area contributed by atoms with Gasteiger partial charge in [0.2, 0.25) is 0 Å². The van der Waals surface area contributed by atoms with Crippen LogP contribution in [0, 0.1) is 22.2 Å². The number of aryl methyl sites for hydroxylation is 1. The first-order chi connectivity index (χ1) is 9.82. The first-order valence-corrected chi connectivity index (χ1v) is 8.31. The lowest BCUT2D eigenvalue weighted by molar-refractivity contribution is -0.167. The van der Waals surface area contributed by atoms with E-state index in [1.807, 2.05) is 17.8 Å². The summed E-state index contributed by atoms with van der Waals surface area (Å²) in [5.41, 5.74) is 0.770. The molecule has 0 amide bonds. The topological polar surface area (TPSA) is 34.9 Å². The predicted octanol–water partition coefficient (Wildman–Crippen LogP) is 3.53. The van der Waals surface area contributed by atoms with Crippen molar-refractivity contribution in [3.8, 4) is 0 Å². The lowest BCUT2D eigenvalue weighted by Crippen LogP contribution is -2.58. The third-order valence-corrected chi connectivity index (χ3v) is 6.46. The minimum Gasteiger partial charge on any atom is -0.338 e. The van der Waals surface area contributed by atoms with Gasteiger partial charge in [0.15, 0.2) is 0 Å². The van der Waals surface area contributed by atoms with Gasteiger partial charge in [0.1, 0.15) is 11.6 Å². The van der Waals surface area contributed by atoms with E-state index in [4.69, 9.17) is 0 Å². The highest BCUT2D eigenvalue weighted by atomic mass is 16.1. The van der Waals surface area contributed by atoms with Crippen molar-refractivity contribution in [3.05, 3.63) is 18.2 Å². The van der Waals surface area contributed by atoms with E-state index >= 15 is 0 Å². The quantitative estimate of drug-likeness (QED) is 0.852. The molecule has 3 heteroatoms. The molecule has 21 heavy (non-hydrogen) atoms. The van der Waals surface area contributed by atoms with Crippen LogP contribution in [0.25, 0.3) is 0 Å². The Balaban J connectivity index is 1.65. The number of aromatic nitrogens is 2. The second kappa shape index (κ2) is 3.99. The minimum atomic E-state index is -0.0468. The Morgan fingerprint density at radius 2 is 1.90 bits per heavy atom. The Labute approximate surface area is 127 Å². The molecule has 114 valence electrons. The zero-order valence-electron chi connectivity index (χ0n) is 13.5. The molecule has 3 nitrogen and oxygen atoms in total. The maximum absolute atomic E-state index is 13.1. The van der Waals surface area contributed by atoms with Crippen molar-refractivity contribution < 1.29 is 4.79 Å². The summed E-state index contributed by atoms with van der Waals surface area (Å²) >= 11 is 0. The minimum absolute atomic E-state index is 0.0468. The van der Waals surface area contributed by atoms with E-state index in [1.54, 1.807) is 6.20 Å². The standard InChI is InChI=1S/C18H26N2O/c1-16-7-13-8-17(2,10-16)12-18(9-13,11-16)14(21)6-15-19-4-5-20(15)3/h4-5,13H,6-12H2,1-3H3. The highest BCUT2D eigenvalue weighted by Crippen LogP contribution is 2.69. The van der Waals surface area contributed by atoms with Crippen molar-refractivity contribution in [3.63, 3.8) is 0 Å². The Morgan fingerprint density at radius 3 is 2.43 bits per heavy atom. The molecule has 1 aromatic rings. The van der Waals surface area contributed by atoms with Crippen LogP contribution in [-0.2, 0) is 18.3 Å². The number of carbonyl (C=O) groups is 1. The van der Waals surface area contributed by atoms with Crippen LogP contribution in [0.15, 0.2) is 12.4 Å². The Kier molecular flexibility index (Phi) is 2.57.